The van der Waals surface area contributed by atoms with E-state index in [-0.39, 0.29) is 12.3 Å². The van der Waals surface area contributed by atoms with Gasteiger partial charge in [-0.3, -0.25) is 14.3 Å². The Hall–Kier alpha value is -1.85. The van der Waals surface area contributed by atoms with Gasteiger partial charge in [-0.05, 0) is 26.7 Å². The summed E-state index contributed by atoms with van der Waals surface area (Å²) >= 11 is 0. The molecule has 2 N–H and O–H groups in total. The van der Waals surface area contributed by atoms with Crippen LogP contribution in [0.25, 0.3) is 0 Å². The number of rotatable bonds is 6. The van der Waals surface area contributed by atoms with Crippen LogP contribution in [-0.2, 0) is 11.8 Å². The van der Waals surface area contributed by atoms with E-state index in [0.717, 1.165) is 5.69 Å². The van der Waals surface area contributed by atoms with Crippen LogP contribution in [0.1, 0.15) is 54.9 Å². The molecule has 0 radical (unpaired) electrons. The van der Waals surface area contributed by atoms with Crippen LogP contribution in [0, 0.1) is 13.8 Å². The molecular formula is C14H23N3O3. The molecule has 0 spiro atoms. The van der Waals surface area contributed by atoms with Crippen LogP contribution in [-0.4, -0.2) is 32.3 Å². The zero-order valence-corrected chi connectivity index (χ0v) is 12.8. The van der Waals surface area contributed by atoms with Crippen molar-refractivity contribution in [3.8, 4) is 0 Å². The number of aliphatic carboxylic acids is 1. The first-order valence-corrected chi connectivity index (χ1v) is 6.80. The molecular weight excluding hydrogens is 258 g/mol. The first-order valence-electron chi connectivity index (χ1n) is 6.80. The van der Waals surface area contributed by atoms with Crippen molar-refractivity contribution in [3.63, 3.8) is 0 Å². The summed E-state index contributed by atoms with van der Waals surface area (Å²) in [5, 5.41) is 16.2. The third-order valence-electron chi connectivity index (χ3n) is 3.96. The Morgan fingerprint density at radius 1 is 1.30 bits per heavy atom. The number of carbonyl (C=O) groups excluding carboxylic acids is 1. The van der Waals surface area contributed by atoms with Crippen LogP contribution < -0.4 is 5.32 Å². The van der Waals surface area contributed by atoms with Gasteiger partial charge >= 0.3 is 5.97 Å². The van der Waals surface area contributed by atoms with E-state index in [9.17, 15) is 9.59 Å². The summed E-state index contributed by atoms with van der Waals surface area (Å²) < 4.78 is 1.65. The van der Waals surface area contributed by atoms with Crippen molar-refractivity contribution in [2.45, 2.75) is 52.5 Å². The van der Waals surface area contributed by atoms with E-state index in [1.54, 1.807) is 18.7 Å². The Morgan fingerprint density at radius 2 is 1.85 bits per heavy atom. The summed E-state index contributed by atoms with van der Waals surface area (Å²) in [7, 11) is 1.78. The van der Waals surface area contributed by atoms with Gasteiger partial charge in [-0.25, -0.2) is 0 Å². The Balaban J connectivity index is 3.05. The van der Waals surface area contributed by atoms with Crippen molar-refractivity contribution >= 4 is 11.9 Å². The molecule has 0 unspecified atom stereocenters. The third kappa shape index (κ3) is 3.18. The molecule has 0 saturated carbocycles. The second-order valence-corrected chi connectivity index (χ2v) is 5.18. The monoisotopic (exact) mass is 281 g/mol. The number of carbonyl (C=O) groups is 2. The van der Waals surface area contributed by atoms with E-state index in [1.165, 1.54) is 0 Å². The van der Waals surface area contributed by atoms with Crippen LogP contribution in [0.15, 0.2) is 0 Å². The van der Waals surface area contributed by atoms with Gasteiger partial charge in [0, 0.05) is 12.7 Å². The number of aryl methyl sites for hydroxylation is 2. The number of aromatic nitrogens is 2. The molecule has 1 aromatic heterocycles. The van der Waals surface area contributed by atoms with Crippen LogP contribution >= 0.6 is 0 Å². The van der Waals surface area contributed by atoms with Crippen LogP contribution in [0.4, 0.5) is 0 Å². The van der Waals surface area contributed by atoms with E-state index >= 15 is 0 Å². The SMILES string of the molecule is CCC(CC)(CC(=O)O)NC(=O)c1c(C)nn(C)c1C. The molecule has 6 nitrogen and oxygen atoms in total. The van der Waals surface area contributed by atoms with Gasteiger partial charge in [-0.15, -0.1) is 0 Å². The maximum Gasteiger partial charge on any atom is 0.305 e. The van der Waals surface area contributed by atoms with Gasteiger partial charge in [-0.1, -0.05) is 13.8 Å². The van der Waals surface area contributed by atoms with Gasteiger partial charge < -0.3 is 10.4 Å². The van der Waals surface area contributed by atoms with Gasteiger partial charge in [0.15, 0.2) is 0 Å². The summed E-state index contributed by atoms with van der Waals surface area (Å²) in [6, 6.07) is 0. The lowest BCUT2D eigenvalue weighted by molar-refractivity contribution is -0.138. The zero-order valence-electron chi connectivity index (χ0n) is 12.8. The van der Waals surface area contributed by atoms with Gasteiger partial charge in [0.1, 0.15) is 0 Å². The van der Waals surface area contributed by atoms with Crippen LogP contribution in [0.5, 0.6) is 0 Å². The lowest BCUT2D eigenvalue weighted by Gasteiger charge is -2.31. The maximum absolute atomic E-state index is 12.5. The fraction of sp³-hybridized carbons (Fsp3) is 0.643. The normalized spacial score (nSPS) is 11.4. The zero-order chi connectivity index (χ0) is 15.5. The predicted octanol–water partition coefficient (Wildman–Crippen LogP) is 1.80. The molecule has 0 bridgehead atoms. The highest BCUT2D eigenvalue weighted by atomic mass is 16.4. The molecule has 112 valence electrons. The molecule has 1 rings (SSSR count). The summed E-state index contributed by atoms with van der Waals surface area (Å²) in [5.41, 5.74) is 1.25. The Bertz CT molecular complexity index is 516. The van der Waals surface area contributed by atoms with E-state index < -0.39 is 11.5 Å². The topological polar surface area (TPSA) is 84.2 Å². The highest BCUT2D eigenvalue weighted by Crippen LogP contribution is 2.22. The predicted molar refractivity (Wildman–Crippen MR) is 75.7 cm³/mol. The summed E-state index contributed by atoms with van der Waals surface area (Å²) in [6.45, 7) is 7.37. The number of amides is 1. The van der Waals surface area contributed by atoms with E-state index in [0.29, 0.717) is 24.1 Å². The Morgan fingerprint density at radius 3 is 2.20 bits per heavy atom. The first kappa shape index (κ1) is 16.2. The largest absolute Gasteiger partial charge is 0.481 e. The molecule has 0 saturated heterocycles. The van der Waals surface area contributed by atoms with Gasteiger partial charge in [0.2, 0.25) is 0 Å². The van der Waals surface area contributed by atoms with Crippen molar-refractivity contribution in [1.29, 1.82) is 0 Å². The number of hydrogen-bond acceptors (Lipinski definition) is 3. The second kappa shape index (κ2) is 6.07. The molecule has 1 aromatic rings. The van der Waals surface area contributed by atoms with Crippen molar-refractivity contribution < 1.29 is 14.7 Å². The quantitative estimate of drug-likeness (QED) is 0.832. The summed E-state index contributed by atoms with van der Waals surface area (Å²) in [4.78, 5) is 23.5. The van der Waals surface area contributed by atoms with Crippen LogP contribution in [0.2, 0.25) is 0 Å². The molecule has 0 aliphatic carbocycles. The number of carboxylic acids is 1. The highest BCUT2D eigenvalue weighted by Gasteiger charge is 2.32. The minimum Gasteiger partial charge on any atom is -0.481 e. The molecule has 0 fully saturated rings. The highest BCUT2D eigenvalue weighted by molar-refractivity contribution is 5.97. The Kier molecular flexibility index (Phi) is 4.92. The third-order valence-corrected chi connectivity index (χ3v) is 3.96. The number of nitrogens with zero attached hydrogens (tertiary/aromatic N) is 2. The van der Waals surface area contributed by atoms with E-state index in [1.807, 2.05) is 20.8 Å². The minimum absolute atomic E-state index is 0.0793. The van der Waals surface area contributed by atoms with Gasteiger partial charge in [0.25, 0.3) is 5.91 Å². The minimum atomic E-state index is -0.909. The molecule has 0 aliphatic rings. The molecule has 0 aromatic carbocycles. The molecule has 1 amide bonds. The Labute approximate surface area is 119 Å². The molecule has 6 heteroatoms. The van der Waals surface area contributed by atoms with E-state index in [2.05, 4.69) is 10.4 Å². The molecule has 20 heavy (non-hydrogen) atoms. The van der Waals surface area contributed by atoms with Crippen LogP contribution in [0.3, 0.4) is 0 Å². The summed E-state index contributed by atoms with van der Waals surface area (Å²) in [6.07, 6.45) is 1.06. The lowest BCUT2D eigenvalue weighted by Crippen LogP contribution is -2.49. The smallest absolute Gasteiger partial charge is 0.305 e. The van der Waals surface area contributed by atoms with Crippen molar-refractivity contribution in [3.05, 3.63) is 17.0 Å². The van der Waals surface area contributed by atoms with E-state index in [4.69, 9.17) is 5.11 Å². The summed E-state index contributed by atoms with van der Waals surface area (Å²) in [5.74, 6) is -1.16. The fourth-order valence-electron chi connectivity index (χ4n) is 2.42. The average molecular weight is 281 g/mol. The number of hydrogen-bond donors (Lipinski definition) is 2. The molecule has 0 atom stereocenters. The van der Waals surface area contributed by atoms with Gasteiger partial charge in [-0.2, -0.15) is 5.10 Å². The standard InChI is InChI=1S/C14H23N3O3/c1-6-14(7-2,8-11(18)19)15-13(20)12-9(3)16-17(5)10(12)4/h6-8H2,1-5H3,(H,15,20)(H,18,19). The fourth-order valence-corrected chi connectivity index (χ4v) is 2.42. The second-order valence-electron chi connectivity index (χ2n) is 5.18. The molecule has 1 heterocycles. The molecule has 0 aliphatic heterocycles. The van der Waals surface area contributed by atoms with Gasteiger partial charge in [0.05, 0.1) is 23.2 Å². The average Bonchev–Trinajstić information content (AvgIpc) is 2.61. The number of carboxylic acid groups (broad SMARTS) is 1. The van der Waals surface area contributed by atoms with Crippen molar-refractivity contribution in [2.75, 3.05) is 0 Å². The lowest BCUT2D eigenvalue weighted by atomic mass is 9.88. The van der Waals surface area contributed by atoms with Crippen molar-refractivity contribution in [1.82, 2.24) is 15.1 Å². The van der Waals surface area contributed by atoms with Crippen molar-refractivity contribution in [2.24, 2.45) is 7.05 Å². The first-order chi connectivity index (χ1) is 9.26. The maximum atomic E-state index is 12.5. The number of nitrogens with one attached hydrogen (secondary N) is 1.